The van der Waals surface area contributed by atoms with Crippen molar-refractivity contribution in [2.45, 2.75) is 52.2 Å². The number of esters is 1. The molecule has 0 aliphatic carbocycles. The third-order valence-corrected chi connectivity index (χ3v) is 6.47. The summed E-state index contributed by atoms with van der Waals surface area (Å²) in [6, 6.07) is 15.4. The highest BCUT2D eigenvalue weighted by Gasteiger charge is 2.18. The Kier molecular flexibility index (Phi) is 8.04. The molecule has 1 heterocycles. The average Bonchev–Trinajstić information content (AvgIpc) is 3.19. The molecule has 0 aliphatic heterocycles. The second-order valence-electron chi connectivity index (χ2n) is 9.53. The fraction of sp³-hybridized carbons (Fsp3) is 0.300. The lowest BCUT2D eigenvalue weighted by Gasteiger charge is -2.12. The van der Waals surface area contributed by atoms with Gasteiger partial charge in [0.05, 0.1) is 23.8 Å². The summed E-state index contributed by atoms with van der Waals surface area (Å²) in [6.07, 6.45) is 3.80. The number of aromatic hydroxyl groups is 3. The van der Waals surface area contributed by atoms with E-state index in [0.717, 1.165) is 46.9 Å². The zero-order chi connectivity index (χ0) is 26.5. The highest BCUT2D eigenvalue weighted by molar-refractivity contribution is 5.89. The first-order chi connectivity index (χ1) is 17.7. The Morgan fingerprint density at radius 1 is 1.03 bits per heavy atom. The van der Waals surface area contributed by atoms with Gasteiger partial charge in [-0.15, -0.1) is 0 Å². The van der Waals surface area contributed by atoms with Gasteiger partial charge in [-0.3, -0.25) is 0 Å². The lowest BCUT2D eigenvalue weighted by molar-refractivity contribution is 0.0259. The number of carbonyl (C=O) groups excluding carboxylic acids is 1. The first-order valence-electron chi connectivity index (χ1n) is 12.5. The van der Waals surface area contributed by atoms with Crippen LogP contribution in [0, 0.1) is 6.92 Å². The van der Waals surface area contributed by atoms with E-state index in [1.54, 1.807) is 48.5 Å². The minimum atomic E-state index is -0.963. The van der Waals surface area contributed by atoms with E-state index in [0.29, 0.717) is 11.1 Å². The Balaban J connectivity index is 1.53. The van der Waals surface area contributed by atoms with E-state index in [1.807, 2.05) is 23.8 Å². The average molecular weight is 504 g/mol. The molecular formula is C30H33NO6. The van der Waals surface area contributed by atoms with Gasteiger partial charge in [0.15, 0.2) is 0 Å². The van der Waals surface area contributed by atoms with Crippen LogP contribution in [0.25, 0.3) is 10.9 Å². The molecule has 194 valence electrons. The molecular weight excluding hydrogens is 470 g/mol. The number of aliphatic hydroxyl groups excluding tert-OH is 1. The second kappa shape index (κ2) is 11.4. The van der Waals surface area contributed by atoms with Crippen LogP contribution in [0.4, 0.5) is 0 Å². The molecule has 0 fully saturated rings. The minimum Gasteiger partial charge on any atom is -0.508 e. The van der Waals surface area contributed by atoms with Crippen molar-refractivity contribution in [3.63, 3.8) is 0 Å². The van der Waals surface area contributed by atoms with Crippen molar-refractivity contribution in [3.8, 4) is 17.2 Å². The number of phenols is 3. The van der Waals surface area contributed by atoms with Gasteiger partial charge in [0.25, 0.3) is 0 Å². The molecule has 4 rings (SSSR count). The zero-order valence-electron chi connectivity index (χ0n) is 21.1. The summed E-state index contributed by atoms with van der Waals surface area (Å²) in [5, 5.41) is 42.7. The van der Waals surface area contributed by atoms with Crippen LogP contribution in [-0.4, -0.2) is 43.7 Å². The van der Waals surface area contributed by atoms with E-state index < -0.39 is 12.1 Å². The van der Waals surface area contributed by atoms with Gasteiger partial charge in [-0.1, -0.05) is 31.0 Å². The summed E-state index contributed by atoms with van der Waals surface area (Å²) in [7, 11) is 0. The minimum absolute atomic E-state index is 0.0244. The van der Waals surface area contributed by atoms with Crippen molar-refractivity contribution >= 4 is 16.9 Å². The molecule has 7 nitrogen and oxygen atoms in total. The predicted molar refractivity (Wildman–Crippen MR) is 142 cm³/mol. The summed E-state index contributed by atoms with van der Waals surface area (Å²) in [5.74, 6) is -0.373. The van der Waals surface area contributed by atoms with Crippen LogP contribution in [0.5, 0.6) is 17.2 Å². The fourth-order valence-corrected chi connectivity index (χ4v) is 4.55. The van der Waals surface area contributed by atoms with Crippen molar-refractivity contribution in [2.24, 2.45) is 0 Å². The maximum Gasteiger partial charge on any atom is 0.338 e. The number of nitrogens with zero attached hydrogens (tertiary/aromatic N) is 1. The molecule has 0 spiro atoms. The summed E-state index contributed by atoms with van der Waals surface area (Å²) in [5.41, 5.74) is 4.15. The van der Waals surface area contributed by atoms with Crippen molar-refractivity contribution < 1.29 is 30.0 Å². The number of aliphatic hydroxyl groups is 1. The van der Waals surface area contributed by atoms with Crippen molar-refractivity contribution in [2.75, 3.05) is 6.61 Å². The Morgan fingerprint density at radius 2 is 1.78 bits per heavy atom. The molecule has 0 bridgehead atoms. The Bertz CT molecular complexity index is 1380. The molecule has 0 aliphatic rings. The number of carbonyl (C=O) groups is 1. The van der Waals surface area contributed by atoms with Gasteiger partial charge >= 0.3 is 5.97 Å². The third kappa shape index (κ3) is 6.24. The lowest BCUT2D eigenvalue weighted by Crippen LogP contribution is -2.21. The number of aromatic nitrogens is 1. The van der Waals surface area contributed by atoms with E-state index in [2.05, 4.69) is 6.92 Å². The fourth-order valence-electron chi connectivity index (χ4n) is 4.55. The first-order valence-corrected chi connectivity index (χ1v) is 12.5. The second-order valence-corrected chi connectivity index (χ2v) is 9.53. The van der Waals surface area contributed by atoms with Gasteiger partial charge in [-0.25, -0.2) is 4.79 Å². The zero-order valence-corrected chi connectivity index (χ0v) is 21.1. The highest BCUT2D eigenvalue weighted by Crippen LogP contribution is 2.33. The number of hydrogen-bond donors (Lipinski definition) is 4. The largest absolute Gasteiger partial charge is 0.508 e. The number of rotatable bonds is 10. The maximum absolute atomic E-state index is 12.3. The summed E-state index contributed by atoms with van der Waals surface area (Å²) in [4.78, 5) is 12.3. The molecule has 0 amide bonds. The molecule has 0 saturated carbocycles. The standard InChI is InChI=1S/C30H33NO6/c1-3-4-7-20-12-28(34)26(29(35)13-20)17-31-16-22(25-15-23(32)9-10-27(25)31)14-24(33)18-37-30(36)21-8-5-6-19(2)11-21/h5-6,8-13,15-16,24,32-35H,3-4,7,14,17-18H2,1-2H3. The quantitative estimate of drug-likeness (QED) is 0.221. The van der Waals surface area contributed by atoms with E-state index in [-0.39, 0.29) is 36.8 Å². The van der Waals surface area contributed by atoms with E-state index in [4.69, 9.17) is 4.74 Å². The van der Waals surface area contributed by atoms with Crippen LogP contribution >= 0.6 is 0 Å². The van der Waals surface area contributed by atoms with Gasteiger partial charge in [0.1, 0.15) is 23.9 Å². The van der Waals surface area contributed by atoms with Gasteiger partial charge in [-0.2, -0.15) is 0 Å². The Morgan fingerprint density at radius 3 is 2.49 bits per heavy atom. The number of phenolic OH excluding ortho intramolecular Hbond substituents is 3. The predicted octanol–water partition coefficient (Wildman–Crippen LogP) is 5.22. The highest BCUT2D eigenvalue weighted by atomic mass is 16.5. The molecule has 4 aromatic rings. The van der Waals surface area contributed by atoms with Gasteiger partial charge < -0.3 is 29.7 Å². The monoisotopic (exact) mass is 503 g/mol. The molecule has 0 saturated heterocycles. The van der Waals surface area contributed by atoms with Crippen molar-refractivity contribution in [1.29, 1.82) is 0 Å². The van der Waals surface area contributed by atoms with E-state index >= 15 is 0 Å². The Hall–Kier alpha value is -3.97. The molecule has 37 heavy (non-hydrogen) atoms. The number of hydrogen-bond acceptors (Lipinski definition) is 6. The Labute approximate surface area is 216 Å². The SMILES string of the molecule is CCCCc1cc(O)c(Cn2cc(CC(O)COC(=O)c3cccc(C)c3)c3cc(O)ccc32)c(O)c1. The number of ether oxygens (including phenoxy) is 1. The van der Waals surface area contributed by atoms with Gasteiger partial charge in [0, 0.05) is 23.5 Å². The van der Waals surface area contributed by atoms with Crippen LogP contribution in [0.1, 0.15) is 52.4 Å². The molecule has 1 atom stereocenters. The maximum atomic E-state index is 12.3. The van der Waals surface area contributed by atoms with Crippen molar-refractivity contribution in [3.05, 3.63) is 88.6 Å². The molecule has 3 aromatic carbocycles. The van der Waals surface area contributed by atoms with E-state index in [1.165, 1.54) is 0 Å². The molecule has 0 radical (unpaired) electrons. The third-order valence-electron chi connectivity index (χ3n) is 6.47. The van der Waals surface area contributed by atoms with Crippen LogP contribution in [0.15, 0.2) is 60.8 Å². The number of fused-ring (bicyclic) bond motifs is 1. The number of unbranched alkanes of at least 4 members (excludes halogenated alkanes) is 1. The van der Waals surface area contributed by atoms with Gasteiger partial charge in [-0.05, 0) is 73.4 Å². The molecule has 4 N–H and O–H groups in total. The first kappa shape index (κ1) is 26.1. The molecule has 1 unspecified atom stereocenters. The van der Waals surface area contributed by atoms with Crippen LogP contribution in [0.2, 0.25) is 0 Å². The summed E-state index contributed by atoms with van der Waals surface area (Å²) >= 11 is 0. The lowest BCUT2D eigenvalue weighted by atomic mass is 10.0. The topological polar surface area (TPSA) is 112 Å². The molecule has 7 heteroatoms. The van der Waals surface area contributed by atoms with Crippen LogP contribution < -0.4 is 0 Å². The summed E-state index contributed by atoms with van der Waals surface area (Å²) in [6.45, 7) is 3.99. The van der Waals surface area contributed by atoms with E-state index in [9.17, 15) is 25.2 Å². The van der Waals surface area contributed by atoms with Crippen LogP contribution in [0.3, 0.4) is 0 Å². The normalized spacial score (nSPS) is 12.1. The number of benzene rings is 3. The smallest absolute Gasteiger partial charge is 0.338 e. The van der Waals surface area contributed by atoms with Crippen molar-refractivity contribution in [1.82, 2.24) is 4.57 Å². The number of aryl methyl sites for hydroxylation is 2. The summed E-state index contributed by atoms with van der Waals surface area (Å²) < 4.78 is 7.17. The van der Waals surface area contributed by atoms with Gasteiger partial charge in [0.2, 0.25) is 0 Å². The van der Waals surface area contributed by atoms with Crippen LogP contribution in [-0.2, 0) is 24.1 Å². The molecule has 1 aromatic heterocycles.